The zero-order valence-corrected chi connectivity index (χ0v) is 13.0. The summed E-state index contributed by atoms with van der Waals surface area (Å²) in [5.41, 5.74) is 4.20. The fraction of sp³-hybridized carbons (Fsp3) is 0.211. The highest BCUT2D eigenvalue weighted by molar-refractivity contribution is 5.91. The number of nitrogens with one attached hydrogen (secondary N) is 1. The Labute approximate surface area is 134 Å². The van der Waals surface area contributed by atoms with Gasteiger partial charge in [0.25, 0.3) is 0 Å². The van der Waals surface area contributed by atoms with Gasteiger partial charge in [0, 0.05) is 23.3 Å². The maximum Gasteiger partial charge on any atom is 0.149 e. The van der Waals surface area contributed by atoms with Crippen molar-refractivity contribution in [1.29, 1.82) is 0 Å². The number of para-hydroxylation sites is 1. The molecule has 0 fully saturated rings. The molecule has 3 aromatic rings. The van der Waals surface area contributed by atoms with E-state index in [2.05, 4.69) is 10.3 Å². The molecule has 0 radical (unpaired) electrons. The highest BCUT2D eigenvalue weighted by Gasteiger charge is 2.07. The molecule has 1 heterocycles. The molecular weight excluding hydrogens is 291 g/mol. The van der Waals surface area contributed by atoms with Gasteiger partial charge in [-0.25, -0.2) is 9.37 Å². The number of hydrogen-bond acceptors (Lipinski definition) is 3. The molecule has 0 bridgehead atoms. The zero-order valence-electron chi connectivity index (χ0n) is 13.0. The molecular formula is C19H19FN2O. The minimum Gasteiger partial charge on any atom is -0.392 e. The average molecular weight is 310 g/mol. The highest BCUT2D eigenvalue weighted by Crippen LogP contribution is 2.25. The zero-order chi connectivity index (χ0) is 16.2. The maximum absolute atomic E-state index is 13.9. The van der Waals surface area contributed by atoms with Crippen molar-refractivity contribution < 1.29 is 9.50 Å². The van der Waals surface area contributed by atoms with Crippen molar-refractivity contribution in [3.05, 3.63) is 71.2 Å². The monoisotopic (exact) mass is 310 g/mol. The Bertz CT molecular complexity index is 815. The van der Waals surface area contributed by atoms with Crippen molar-refractivity contribution in [2.75, 3.05) is 11.9 Å². The van der Waals surface area contributed by atoms with Crippen LogP contribution in [0.5, 0.6) is 0 Å². The predicted octanol–water partition coefficient (Wildman–Crippen LogP) is 3.83. The van der Waals surface area contributed by atoms with Gasteiger partial charge in [-0.1, -0.05) is 36.4 Å². The predicted molar refractivity (Wildman–Crippen MR) is 91.0 cm³/mol. The second-order valence-electron chi connectivity index (χ2n) is 5.60. The number of nitrogens with zero attached hydrogens (tertiary/aromatic N) is 1. The molecule has 3 rings (SSSR count). The van der Waals surface area contributed by atoms with Crippen molar-refractivity contribution in [2.24, 2.45) is 0 Å². The molecule has 3 nitrogen and oxygen atoms in total. The van der Waals surface area contributed by atoms with Crippen LogP contribution in [0.15, 0.2) is 48.5 Å². The molecule has 4 heteroatoms. The van der Waals surface area contributed by atoms with Crippen molar-refractivity contribution in [3.63, 3.8) is 0 Å². The molecule has 0 spiro atoms. The number of pyridine rings is 1. The van der Waals surface area contributed by atoms with Crippen LogP contribution in [0.2, 0.25) is 0 Å². The summed E-state index contributed by atoms with van der Waals surface area (Å²) in [6.07, 6.45) is 0.851. The number of aliphatic hydroxyl groups excluding tert-OH is 1. The van der Waals surface area contributed by atoms with Gasteiger partial charge in [0.1, 0.15) is 11.3 Å². The minimum atomic E-state index is -0.297. The fourth-order valence-corrected chi connectivity index (χ4v) is 2.64. The summed E-state index contributed by atoms with van der Waals surface area (Å²) in [6, 6.07) is 14.8. The molecule has 0 amide bonds. The average Bonchev–Trinajstić information content (AvgIpc) is 2.56. The molecule has 118 valence electrons. The standard InChI is InChI=1S/C19H19FN2O/c1-13-11-18(16-3-2-4-17(20)19(16)22-13)21-10-9-14-5-7-15(12-23)8-6-14/h2-8,11,23H,9-10,12H2,1H3,(H,21,22). The SMILES string of the molecule is Cc1cc(NCCc2ccc(CO)cc2)c2cccc(F)c2n1. The maximum atomic E-state index is 13.9. The molecule has 0 unspecified atom stereocenters. The molecule has 0 aliphatic carbocycles. The van der Waals surface area contributed by atoms with Crippen LogP contribution in [-0.4, -0.2) is 16.6 Å². The van der Waals surface area contributed by atoms with Crippen LogP contribution in [0.3, 0.4) is 0 Å². The Morgan fingerprint density at radius 2 is 1.83 bits per heavy atom. The first-order valence-corrected chi connectivity index (χ1v) is 7.66. The van der Waals surface area contributed by atoms with E-state index in [0.717, 1.165) is 35.3 Å². The molecule has 0 atom stereocenters. The summed E-state index contributed by atoms with van der Waals surface area (Å²) in [5, 5.41) is 13.2. The summed E-state index contributed by atoms with van der Waals surface area (Å²) in [7, 11) is 0. The smallest absolute Gasteiger partial charge is 0.149 e. The van der Waals surface area contributed by atoms with Gasteiger partial charge >= 0.3 is 0 Å². The van der Waals surface area contributed by atoms with Gasteiger partial charge < -0.3 is 10.4 Å². The van der Waals surface area contributed by atoms with Crippen molar-refractivity contribution in [1.82, 2.24) is 4.98 Å². The number of aromatic nitrogens is 1. The first kappa shape index (κ1) is 15.4. The van der Waals surface area contributed by atoms with E-state index in [1.165, 1.54) is 11.6 Å². The summed E-state index contributed by atoms with van der Waals surface area (Å²) in [5.74, 6) is -0.297. The Morgan fingerprint density at radius 1 is 1.09 bits per heavy atom. The molecule has 0 saturated heterocycles. The molecule has 23 heavy (non-hydrogen) atoms. The van der Waals surface area contributed by atoms with E-state index >= 15 is 0 Å². The molecule has 2 N–H and O–H groups in total. The summed E-state index contributed by atoms with van der Waals surface area (Å²) in [6.45, 7) is 2.67. The number of hydrogen-bond donors (Lipinski definition) is 2. The van der Waals surface area contributed by atoms with Crippen LogP contribution in [0, 0.1) is 12.7 Å². The van der Waals surface area contributed by atoms with E-state index in [1.807, 2.05) is 43.3 Å². The Hall–Kier alpha value is -2.46. The Morgan fingerprint density at radius 3 is 2.57 bits per heavy atom. The lowest BCUT2D eigenvalue weighted by Gasteiger charge is -2.11. The van der Waals surface area contributed by atoms with Crippen molar-refractivity contribution in [2.45, 2.75) is 20.0 Å². The van der Waals surface area contributed by atoms with Crippen LogP contribution in [0.1, 0.15) is 16.8 Å². The molecule has 0 aliphatic rings. The first-order chi connectivity index (χ1) is 11.2. The Kier molecular flexibility index (Phi) is 4.53. The van der Waals surface area contributed by atoms with Crippen LogP contribution in [0.25, 0.3) is 10.9 Å². The molecule has 2 aromatic carbocycles. The van der Waals surface area contributed by atoms with Crippen LogP contribution in [0.4, 0.5) is 10.1 Å². The number of aryl methyl sites for hydroxylation is 1. The lowest BCUT2D eigenvalue weighted by Crippen LogP contribution is -2.06. The summed E-state index contributed by atoms with van der Waals surface area (Å²) >= 11 is 0. The van der Waals surface area contributed by atoms with E-state index < -0.39 is 0 Å². The third-order valence-electron chi connectivity index (χ3n) is 3.85. The topological polar surface area (TPSA) is 45.1 Å². The lowest BCUT2D eigenvalue weighted by molar-refractivity contribution is 0.282. The quantitative estimate of drug-likeness (QED) is 0.753. The summed E-state index contributed by atoms with van der Waals surface area (Å²) < 4.78 is 13.9. The van der Waals surface area contributed by atoms with E-state index in [0.29, 0.717) is 5.52 Å². The highest BCUT2D eigenvalue weighted by atomic mass is 19.1. The van der Waals surface area contributed by atoms with Gasteiger partial charge in [-0.15, -0.1) is 0 Å². The number of fused-ring (bicyclic) bond motifs is 1. The van der Waals surface area contributed by atoms with Gasteiger partial charge in [0.2, 0.25) is 0 Å². The third kappa shape index (κ3) is 3.48. The number of aliphatic hydroxyl groups is 1. The molecule has 0 saturated carbocycles. The lowest BCUT2D eigenvalue weighted by atomic mass is 10.1. The minimum absolute atomic E-state index is 0.0619. The normalized spacial score (nSPS) is 10.9. The van der Waals surface area contributed by atoms with Gasteiger partial charge in [-0.2, -0.15) is 0 Å². The van der Waals surface area contributed by atoms with E-state index in [9.17, 15) is 4.39 Å². The molecule has 0 aliphatic heterocycles. The number of rotatable bonds is 5. The largest absolute Gasteiger partial charge is 0.392 e. The van der Waals surface area contributed by atoms with Gasteiger partial charge in [-0.05, 0) is 36.6 Å². The number of halogens is 1. The Balaban J connectivity index is 1.75. The van der Waals surface area contributed by atoms with Crippen molar-refractivity contribution in [3.8, 4) is 0 Å². The van der Waals surface area contributed by atoms with Crippen molar-refractivity contribution >= 4 is 16.6 Å². The van der Waals surface area contributed by atoms with Crippen LogP contribution in [-0.2, 0) is 13.0 Å². The summed E-state index contributed by atoms with van der Waals surface area (Å²) in [4.78, 5) is 4.28. The van der Waals surface area contributed by atoms with E-state index in [-0.39, 0.29) is 12.4 Å². The second-order valence-corrected chi connectivity index (χ2v) is 5.60. The third-order valence-corrected chi connectivity index (χ3v) is 3.85. The van der Waals surface area contributed by atoms with Gasteiger partial charge in [-0.3, -0.25) is 0 Å². The van der Waals surface area contributed by atoms with Gasteiger partial charge in [0.15, 0.2) is 0 Å². The first-order valence-electron chi connectivity index (χ1n) is 7.66. The van der Waals surface area contributed by atoms with E-state index in [1.54, 1.807) is 6.07 Å². The van der Waals surface area contributed by atoms with E-state index in [4.69, 9.17) is 5.11 Å². The second kappa shape index (κ2) is 6.75. The number of anilines is 1. The van der Waals surface area contributed by atoms with Crippen LogP contribution >= 0.6 is 0 Å². The number of benzene rings is 2. The van der Waals surface area contributed by atoms with Gasteiger partial charge in [0.05, 0.1) is 6.61 Å². The fourth-order valence-electron chi connectivity index (χ4n) is 2.64. The van der Waals surface area contributed by atoms with Crippen LogP contribution < -0.4 is 5.32 Å². The molecule has 1 aromatic heterocycles.